The largest absolute Gasteiger partial charge is 0.303 e. The molecule has 1 amide bonds. The highest BCUT2D eigenvalue weighted by Gasteiger charge is 2.18. The number of hydroxylamine groups is 1. The zero-order valence-corrected chi connectivity index (χ0v) is 19.8. The number of carbonyl (C=O) groups is 1. The van der Waals surface area contributed by atoms with Gasteiger partial charge in [0.15, 0.2) is 0 Å². The summed E-state index contributed by atoms with van der Waals surface area (Å²) in [5.41, 5.74) is 3.15. The van der Waals surface area contributed by atoms with Crippen LogP contribution in [0.4, 0.5) is 0 Å². The van der Waals surface area contributed by atoms with Crippen molar-refractivity contribution in [1.29, 1.82) is 0 Å². The third-order valence-corrected chi connectivity index (χ3v) is 6.94. The van der Waals surface area contributed by atoms with Crippen LogP contribution in [0.2, 0.25) is 0 Å². The van der Waals surface area contributed by atoms with E-state index in [9.17, 15) is 4.79 Å². The predicted molar refractivity (Wildman–Crippen MR) is 132 cm³/mol. The molecule has 0 aromatic heterocycles. The first-order chi connectivity index (χ1) is 15.7. The molecular weight excluding hydrogens is 398 g/mol. The van der Waals surface area contributed by atoms with Gasteiger partial charge >= 0.3 is 0 Å². The number of nitrogens with one attached hydrogen (secondary N) is 1. The fraction of sp³-hybridized carbons (Fsp3) is 0.593. The molecule has 1 fully saturated rings. The Morgan fingerprint density at radius 3 is 2.69 bits per heavy atom. The molecule has 2 N–H and O–H groups in total. The fourth-order valence-electron chi connectivity index (χ4n) is 4.97. The molecule has 1 aliphatic heterocycles. The molecule has 176 valence electrons. The minimum atomic E-state index is -0.284. The van der Waals surface area contributed by atoms with E-state index in [1.54, 1.807) is 5.48 Å². The van der Waals surface area contributed by atoms with Crippen LogP contribution < -0.4 is 5.48 Å². The summed E-state index contributed by atoms with van der Waals surface area (Å²) in [6.07, 6.45) is 9.68. The van der Waals surface area contributed by atoms with Crippen LogP contribution >= 0.6 is 0 Å². The van der Waals surface area contributed by atoms with Gasteiger partial charge in [-0.1, -0.05) is 55.3 Å². The molecule has 2 aromatic carbocycles. The van der Waals surface area contributed by atoms with Gasteiger partial charge in [0.2, 0.25) is 5.91 Å². The summed E-state index contributed by atoms with van der Waals surface area (Å²) >= 11 is 0. The second-order valence-corrected chi connectivity index (χ2v) is 9.31. The van der Waals surface area contributed by atoms with Crippen LogP contribution in [0.25, 0.3) is 10.8 Å². The number of carbonyl (C=O) groups excluding carboxylic acids is 1. The number of rotatable bonds is 13. The molecule has 32 heavy (non-hydrogen) atoms. The van der Waals surface area contributed by atoms with Gasteiger partial charge in [0.25, 0.3) is 0 Å². The molecule has 1 heterocycles. The van der Waals surface area contributed by atoms with Gasteiger partial charge in [0, 0.05) is 19.0 Å². The first-order valence-corrected chi connectivity index (χ1v) is 12.5. The number of likely N-dealkylation sites (tertiary alicyclic amines) is 1. The van der Waals surface area contributed by atoms with Crippen molar-refractivity contribution in [3.05, 3.63) is 48.0 Å². The third-order valence-electron chi connectivity index (χ3n) is 6.94. The quantitative estimate of drug-likeness (QED) is 0.262. The Morgan fingerprint density at radius 2 is 1.84 bits per heavy atom. The van der Waals surface area contributed by atoms with Crippen LogP contribution in [0.15, 0.2) is 42.5 Å². The smallest absolute Gasteiger partial charge is 0.243 e. The zero-order chi connectivity index (χ0) is 22.6. The highest BCUT2D eigenvalue weighted by Crippen LogP contribution is 2.20. The maximum absolute atomic E-state index is 11.2. The lowest BCUT2D eigenvalue weighted by Gasteiger charge is -2.34. The van der Waals surface area contributed by atoms with E-state index in [0.717, 1.165) is 51.4 Å². The lowest BCUT2D eigenvalue weighted by atomic mass is 10.0. The highest BCUT2D eigenvalue weighted by atomic mass is 16.5. The second kappa shape index (κ2) is 13.6. The van der Waals surface area contributed by atoms with E-state index >= 15 is 0 Å². The molecule has 1 aliphatic rings. The van der Waals surface area contributed by atoms with Crippen LogP contribution in [-0.2, 0) is 11.2 Å². The van der Waals surface area contributed by atoms with E-state index < -0.39 is 0 Å². The van der Waals surface area contributed by atoms with Gasteiger partial charge < -0.3 is 9.80 Å². The number of amides is 1. The normalized spacial score (nSPS) is 17.2. The minimum absolute atomic E-state index is 0.284. The molecule has 1 unspecified atom stereocenters. The Bertz CT molecular complexity index is 820. The standard InChI is InChI=1S/C27H41N3O2/c1-23-11-6-8-20-30(23)21-10-19-29(18-7-2-3-16-27(31)28-32)22-17-25-14-9-13-24-12-4-5-15-26(24)25/h4-5,9,12-15,23,32H,2-3,6-8,10-11,16-22H2,1H3,(H,28,31). The minimum Gasteiger partial charge on any atom is -0.303 e. The van der Waals surface area contributed by atoms with Gasteiger partial charge in [-0.3, -0.25) is 10.0 Å². The van der Waals surface area contributed by atoms with E-state index in [1.807, 2.05) is 0 Å². The van der Waals surface area contributed by atoms with E-state index in [-0.39, 0.29) is 5.91 Å². The predicted octanol–water partition coefficient (Wildman–Crippen LogP) is 5.01. The molecule has 0 saturated carbocycles. The van der Waals surface area contributed by atoms with Gasteiger partial charge in [-0.2, -0.15) is 0 Å². The van der Waals surface area contributed by atoms with Crippen LogP contribution in [0.3, 0.4) is 0 Å². The number of unbranched alkanes of at least 4 members (excludes halogenated alkanes) is 2. The summed E-state index contributed by atoms with van der Waals surface area (Å²) in [7, 11) is 0. The molecule has 5 nitrogen and oxygen atoms in total. The SMILES string of the molecule is CC1CCCCN1CCCN(CCCCCC(=O)NO)CCc1cccc2ccccc12. The molecule has 0 bridgehead atoms. The molecule has 3 rings (SSSR count). The van der Waals surface area contributed by atoms with Gasteiger partial charge in [0.1, 0.15) is 0 Å². The Morgan fingerprint density at radius 1 is 1.03 bits per heavy atom. The van der Waals surface area contributed by atoms with Crippen molar-refractivity contribution in [1.82, 2.24) is 15.3 Å². The van der Waals surface area contributed by atoms with Crippen molar-refractivity contribution in [2.24, 2.45) is 0 Å². The van der Waals surface area contributed by atoms with Crippen molar-refractivity contribution >= 4 is 16.7 Å². The number of hydrogen-bond acceptors (Lipinski definition) is 4. The van der Waals surface area contributed by atoms with Crippen LogP contribution in [0, 0.1) is 0 Å². The van der Waals surface area contributed by atoms with Crippen LogP contribution in [-0.4, -0.2) is 59.7 Å². The Hall–Kier alpha value is -1.95. The fourth-order valence-corrected chi connectivity index (χ4v) is 4.97. The molecule has 2 aromatic rings. The number of benzene rings is 2. The number of piperidine rings is 1. The topological polar surface area (TPSA) is 55.8 Å². The summed E-state index contributed by atoms with van der Waals surface area (Å²) in [4.78, 5) is 16.5. The van der Waals surface area contributed by atoms with Crippen molar-refractivity contribution in [3.8, 4) is 0 Å². The van der Waals surface area contributed by atoms with Gasteiger partial charge in [-0.25, -0.2) is 5.48 Å². The van der Waals surface area contributed by atoms with E-state index in [2.05, 4.69) is 59.2 Å². The van der Waals surface area contributed by atoms with E-state index in [4.69, 9.17) is 5.21 Å². The summed E-state index contributed by atoms with van der Waals surface area (Å²) < 4.78 is 0. The van der Waals surface area contributed by atoms with E-state index in [0.29, 0.717) is 6.42 Å². The van der Waals surface area contributed by atoms with Crippen molar-refractivity contribution in [3.63, 3.8) is 0 Å². The summed E-state index contributed by atoms with van der Waals surface area (Å²) in [5, 5.41) is 11.3. The van der Waals surface area contributed by atoms with Crippen LogP contribution in [0.5, 0.6) is 0 Å². The Labute approximate surface area is 193 Å². The zero-order valence-electron chi connectivity index (χ0n) is 19.8. The molecule has 0 spiro atoms. The second-order valence-electron chi connectivity index (χ2n) is 9.31. The first-order valence-electron chi connectivity index (χ1n) is 12.5. The summed E-state index contributed by atoms with van der Waals surface area (Å²) in [6.45, 7) is 8.10. The van der Waals surface area contributed by atoms with Crippen molar-refractivity contribution in [2.45, 2.75) is 70.8 Å². The highest BCUT2D eigenvalue weighted by molar-refractivity contribution is 5.85. The number of nitrogens with zero attached hydrogens (tertiary/aromatic N) is 2. The van der Waals surface area contributed by atoms with Crippen molar-refractivity contribution in [2.75, 3.05) is 32.7 Å². The van der Waals surface area contributed by atoms with E-state index in [1.165, 1.54) is 55.1 Å². The van der Waals surface area contributed by atoms with Crippen molar-refractivity contribution < 1.29 is 10.0 Å². The average molecular weight is 440 g/mol. The molecule has 0 aliphatic carbocycles. The summed E-state index contributed by atoms with van der Waals surface area (Å²) in [5.74, 6) is -0.284. The first kappa shape index (κ1) is 24.7. The molecule has 5 heteroatoms. The lowest BCUT2D eigenvalue weighted by Crippen LogP contribution is -2.39. The third kappa shape index (κ3) is 7.88. The molecule has 1 atom stereocenters. The molecular formula is C27H41N3O2. The van der Waals surface area contributed by atoms with Gasteiger partial charge in [0.05, 0.1) is 0 Å². The monoisotopic (exact) mass is 439 g/mol. The summed E-state index contributed by atoms with van der Waals surface area (Å²) in [6, 6.07) is 16.0. The lowest BCUT2D eigenvalue weighted by molar-refractivity contribution is -0.129. The molecule has 1 saturated heterocycles. The van der Waals surface area contributed by atoms with Gasteiger partial charge in [-0.05, 0) is 88.0 Å². The van der Waals surface area contributed by atoms with Crippen LogP contribution in [0.1, 0.15) is 63.9 Å². The number of fused-ring (bicyclic) bond motifs is 1. The maximum atomic E-state index is 11.2. The number of hydrogen-bond donors (Lipinski definition) is 2. The molecule has 0 radical (unpaired) electrons. The van der Waals surface area contributed by atoms with Gasteiger partial charge in [-0.15, -0.1) is 0 Å². The maximum Gasteiger partial charge on any atom is 0.243 e. The Kier molecular flexibility index (Phi) is 10.5. The average Bonchev–Trinajstić information content (AvgIpc) is 2.82. The Balaban J connectivity index is 1.51.